The van der Waals surface area contributed by atoms with Gasteiger partial charge in [-0.3, -0.25) is 4.79 Å². The molecule has 0 fully saturated rings. The third-order valence-corrected chi connectivity index (χ3v) is 2.48. The molecule has 3 heteroatoms. The fourth-order valence-corrected chi connectivity index (χ4v) is 1.92. The molecular formula is C12H18N2O. The van der Waals surface area contributed by atoms with E-state index in [1.807, 2.05) is 19.1 Å². The molecule has 0 spiro atoms. The number of aryl methyl sites for hydroxylation is 1. The Morgan fingerprint density at radius 1 is 1.33 bits per heavy atom. The number of hydrogen-bond donors (Lipinski definition) is 2. The molecule has 15 heavy (non-hydrogen) atoms. The molecule has 0 saturated heterocycles. The van der Waals surface area contributed by atoms with E-state index >= 15 is 0 Å². The van der Waals surface area contributed by atoms with Gasteiger partial charge in [-0.15, -0.1) is 0 Å². The lowest BCUT2D eigenvalue weighted by Gasteiger charge is -2.11. The van der Waals surface area contributed by atoms with Gasteiger partial charge in [-0.1, -0.05) is 12.1 Å². The highest BCUT2D eigenvalue weighted by Gasteiger charge is 2.11. The summed E-state index contributed by atoms with van der Waals surface area (Å²) in [6.45, 7) is 4.57. The van der Waals surface area contributed by atoms with E-state index in [9.17, 15) is 4.79 Å². The van der Waals surface area contributed by atoms with Crippen molar-refractivity contribution in [1.82, 2.24) is 0 Å². The molecule has 0 aromatic heterocycles. The van der Waals surface area contributed by atoms with Crippen molar-refractivity contribution in [3.63, 3.8) is 0 Å². The van der Waals surface area contributed by atoms with E-state index in [0.29, 0.717) is 13.1 Å². The van der Waals surface area contributed by atoms with Gasteiger partial charge in [0, 0.05) is 12.1 Å². The first-order valence-electron chi connectivity index (χ1n) is 5.13. The van der Waals surface area contributed by atoms with Crippen molar-refractivity contribution in [2.45, 2.75) is 26.8 Å². The fraction of sp³-hybridized carbons (Fsp3) is 0.417. The lowest BCUT2D eigenvalue weighted by molar-refractivity contribution is 0.101. The summed E-state index contributed by atoms with van der Waals surface area (Å²) >= 11 is 0. The quantitative estimate of drug-likeness (QED) is 0.726. The van der Waals surface area contributed by atoms with Crippen LogP contribution in [0.1, 0.15) is 34.0 Å². The summed E-state index contributed by atoms with van der Waals surface area (Å²) in [6, 6.07) is 3.95. The Morgan fingerprint density at radius 3 is 2.47 bits per heavy atom. The van der Waals surface area contributed by atoms with Crippen molar-refractivity contribution < 1.29 is 4.79 Å². The van der Waals surface area contributed by atoms with Crippen molar-refractivity contribution in [3.05, 3.63) is 34.4 Å². The third-order valence-electron chi connectivity index (χ3n) is 2.48. The second-order valence-electron chi connectivity index (χ2n) is 3.75. The van der Waals surface area contributed by atoms with Gasteiger partial charge in [0.15, 0.2) is 5.78 Å². The minimum absolute atomic E-state index is 0.0968. The van der Waals surface area contributed by atoms with Gasteiger partial charge in [-0.2, -0.15) is 0 Å². The average molecular weight is 206 g/mol. The minimum Gasteiger partial charge on any atom is -0.330 e. The van der Waals surface area contributed by atoms with Gasteiger partial charge in [0.2, 0.25) is 0 Å². The van der Waals surface area contributed by atoms with Crippen LogP contribution in [-0.2, 0) is 13.0 Å². The predicted molar refractivity (Wildman–Crippen MR) is 61.8 cm³/mol. The number of hydrogen-bond acceptors (Lipinski definition) is 3. The van der Waals surface area contributed by atoms with Crippen LogP contribution in [0.2, 0.25) is 0 Å². The zero-order valence-electron chi connectivity index (χ0n) is 9.34. The molecule has 0 saturated carbocycles. The number of carbonyl (C=O) groups is 1. The van der Waals surface area contributed by atoms with E-state index in [1.54, 1.807) is 6.92 Å². The van der Waals surface area contributed by atoms with E-state index in [0.717, 1.165) is 28.7 Å². The van der Waals surface area contributed by atoms with E-state index in [-0.39, 0.29) is 5.78 Å². The molecular weight excluding hydrogens is 188 g/mol. The van der Waals surface area contributed by atoms with Gasteiger partial charge in [-0.25, -0.2) is 0 Å². The lowest BCUT2D eigenvalue weighted by atomic mass is 9.94. The van der Waals surface area contributed by atoms with Gasteiger partial charge in [-0.05, 0) is 43.5 Å². The molecule has 82 valence electrons. The van der Waals surface area contributed by atoms with Crippen molar-refractivity contribution in [2.24, 2.45) is 11.5 Å². The van der Waals surface area contributed by atoms with Crippen molar-refractivity contribution in [1.29, 1.82) is 0 Å². The zero-order valence-corrected chi connectivity index (χ0v) is 9.34. The molecule has 0 heterocycles. The molecule has 0 amide bonds. The molecule has 1 aromatic rings. The molecule has 4 N–H and O–H groups in total. The van der Waals surface area contributed by atoms with Crippen LogP contribution in [0.15, 0.2) is 12.1 Å². The molecule has 0 atom stereocenters. The van der Waals surface area contributed by atoms with Crippen molar-refractivity contribution in [3.8, 4) is 0 Å². The summed E-state index contributed by atoms with van der Waals surface area (Å²) in [7, 11) is 0. The van der Waals surface area contributed by atoms with Gasteiger partial charge in [0.05, 0.1) is 0 Å². The molecule has 0 radical (unpaired) electrons. The standard InChI is InChI=1S/C12H18N2O/c1-8-5-10(7-14)6-11(3-4-13)12(8)9(2)15/h5-6H,3-4,7,13-14H2,1-2H3. The molecule has 1 rings (SSSR count). The number of nitrogens with two attached hydrogens (primary N) is 2. The molecule has 0 unspecified atom stereocenters. The third kappa shape index (κ3) is 2.64. The maximum Gasteiger partial charge on any atom is 0.160 e. The van der Waals surface area contributed by atoms with Crippen LogP contribution in [0.5, 0.6) is 0 Å². The monoisotopic (exact) mass is 206 g/mol. The van der Waals surface area contributed by atoms with Crippen LogP contribution >= 0.6 is 0 Å². The van der Waals surface area contributed by atoms with Gasteiger partial charge in [0.1, 0.15) is 0 Å². The Kier molecular flexibility index (Phi) is 4.00. The minimum atomic E-state index is 0.0968. The average Bonchev–Trinajstić information content (AvgIpc) is 2.16. The maximum absolute atomic E-state index is 11.5. The molecule has 3 nitrogen and oxygen atoms in total. The van der Waals surface area contributed by atoms with Crippen LogP contribution in [0.4, 0.5) is 0 Å². The summed E-state index contributed by atoms with van der Waals surface area (Å²) in [5.74, 6) is 0.0968. The Hall–Kier alpha value is -1.19. The van der Waals surface area contributed by atoms with E-state index in [2.05, 4.69) is 0 Å². The smallest absolute Gasteiger partial charge is 0.160 e. The topological polar surface area (TPSA) is 69.1 Å². The Morgan fingerprint density at radius 2 is 2.00 bits per heavy atom. The van der Waals surface area contributed by atoms with E-state index in [4.69, 9.17) is 11.5 Å². The summed E-state index contributed by atoms with van der Waals surface area (Å²) < 4.78 is 0. The van der Waals surface area contributed by atoms with Gasteiger partial charge >= 0.3 is 0 Å². The van der Waals surface area contributed by atoms with E-state index in [1.165, 1.54) is 0 Å². The van der Waals surface area contributed by atoms with Crippen molar-refractivity contribution >= 4 is 5.78 Å². The normalized spacial score (nSPS) is 10.4. The van der Waals surface area contributed by atoms with Gasteiger partial charge in [0.25, 0.3) is 0 Å². The van der Waals surface area contributed by atoms with Crippen LogP contribution < -0.4 is 11.5 Å². The molecule has 0 aliphatic carbocycles. The molecule has 0 aliphatic rings. The summed E-state index contributed by atoms with van der Waals surface area (Å²) in [6.07, 6.45) is 0.726. The second kappa shape index (κ2) is 5.05. The fourth-order valence-electron chi connectivity index (χ4n) is 1.92. The number of Topliss-reactive ketones (excluding diaryl/α,β-unsaturated/α-hetero) is 1. The van der Waals surface area contributed by atoms with E-state index < -0.39 is 0 Å². The van der Waals surface area contributed by atoms with Crippen LogP contribution in [0.25, 0.3) is 0 Å². The predicted octanol–water partition coefficient (Wildman–Crippen LogP) is 1.16. The highest BCUT2D eigenvalue weighted by atomic mass is 16.1. The van der Waals surface area contributed by atoms with Crippen molar-refractivity contribution in [2.75, 3.05) is 6.54 Å². The zero-order chi connectivity index (χ0) is 11.4. The largest absolute Gasteiger partial charge is 0.330 e. The Balaban J connectivity index is 3.28. The van der Waals surface area contributed by atoms with Crippen LogP contribution in [-0.4, -0.2) is 12.3 Å². The molecule has 1 aromatic carbocycles. The van der Waals surface area contributed by atoms with Gasteiger partial charge < -0.3 is 11.5 Å². The first-order valence-corrected chi connectivity index (χ1v) is 5.13. The first kappa shape index (κ1) is 11.9. The van der Waals surface area contributed by atoms with Crippen LogP contribution in [0.3, 0.4) is 0 Å². The number of ketones is 1. The Labute approximate surface area is 90.5 Å². The maximum atomic E-state index is 11.5. The Bertz CT molecular complexity index is 372. The summed E-state index contributed by atoms with van der Waals surface area (Å²) in [5, 5.41) is 0. The SMILES string of the molecule is CC(=O)c1c(C)cc(CN)cc1CCN. The number of carbonyl (C=O) groups excluding carboxylic acids is 1. The number of benzene rings is 1. The molecule has 0 bridgehead atoms. The summed E-state index contributed by atoms with van der Waals surface area (Å²) in [4.78, 5) is 11.5. The lowest BCUT2D eigenvalue weighted by Crippen LogP contribution is -2.11. The summed E-state index contributed by atoms with van der Waals surface area (Å²) in [5.41, 5.74) is 15.0. The second-order valence-corrected chi connectivity index (χ2v) is 3.75. The highest BCUT2D eigenvalue weighted by molar-refractivity contribution is 5.97. The molecule has 0 aliphatic heterocycles. The van der Waals surface area contributed by atoms with Crippen LogP contribution in [0, 0.1) is 6.92 Å². The first-order chi connectivity index (χ1) is 7.10. The highest BCUT2D eigenvalue weighted by Crippen LogP contribution is 2.18. The number of rotatable bonds is 4.